The van der Waals surface area contributed by atoms with E-state index in [-0.39, 0.29) is 36.4 Å². The molecule has 0 radical (unpaired) electrons. The first-order chi connectivity index (χ1) is 12.4. The number of rotatable bonds is 8. The molecule has 1 N–H and O–H groups in total. The Hall–Kier alpha value is -1.90. The van der Waals surface area contributed by atoms with Gasteiger partial charge in [0.1, 0.15) is 18.5 Å². The fourth-order valence-electron chi connectivity index (χ4n) is 3.08. The molecule has 1 aliphatic heterocycles. The standard InChI is InChI=1S/C18H22FNO5S/c19-17-5-1-2-6-18(17)25-12-15(21)10-20(11-16-4-3-8-24-16)14-7-9-26(22,23)13-14/h1-6,8,14-15,21H,7,9-13H2/t14-,15-/m1/s1. The third-order valence-corrected chi connectivity index (χ3v) is 6.13. The normalized spacial score (nSPS) is 20.3. The number of furan rings is 1. The Bertz CT molecular complexity index is 809. The number of nitrogens with zero attached hydrogens (tertiary/aromatic N) is 1. The average Bonchev–Trinajstić information content (AvgIpc) is 3.23. The number of ether oxygens (including phenoxy) is 1. The van der Waals surface area contributed by atoms with Crippen LogP contribution in [0, 0.1) is 5.82 Å². The van der Waals surface area contributed by atoms with E-state index < -0.39 is 21.8 Å². The second kappa shape index (κ2) is 8.20. The molecule has 1 aromatic heterocycles. The van der Waals surface area contributed by atoms with E-state index in [0.29, 0.717) is 18.7 Å². The zero-order chi connectivity index (χ0) is 18.6. The lowest BCUT2D eigenvalue weighted by Crippen LogP contribution is -2.42. The van der Waals surface area contributed by atoms with Crippen molar-refractivity contribution >= 4 is 9.84 Å². The van der Waals surface area contributed by atoms with Crippen LogP contribution in [0.4, 0.5) is 4.39 Å². The van der Waals surface area contributed by atoms with E-state index in [2.05, 4.69) is 0 Å². The number of benzene rings is 1. The number of aliphatic hydroxyl groups is 1. The Morgan fingerprint density at radius 1 is 1.31 bits per heavy atom. The minimum atomic E-state index is -3.05. The molecule has 1 saturated heterocycles. The summed E-state index contributed by atoms with van der Waals surface area (Å²) in [7, 11) is -3.05. The number of sulfone groups is 1. The summed E-state index contributed by atoms with van der Waals surface area (Å²) in [6.07, 6.45) is 1.17. The van der Waals surface area contributed by atoms with Crippen LogP contribution >= 0.6 is 0 Å². The molecule has 8 heteroatoms. The van der Waals surface area contributed by atoms with E-state index in [4.69, 9.17) is 9.15 Å². The molecular weight excluding hydrogens is 361 g/mol. The van der Waals surface area contributed by atoms with Gasteiger partial charge in [-0.3, -0.25) is 4.90 Å². The van der Waals surface area contributed by atoms with Crippen LogP contribution in [0.15, 0.2) is 47.1 Å². The van der Waals surface area contributed by atoms with Crippen LogP contribution in [0.3, 0.4) is 0 Å². The van der Waals surface area contributed by atoms with Crippen LogP contribution in [-0.4, -0.2) is 55.2 Å². The van der Waals surface area contributed by atoms with Crippen molar-refractivity contribution in [3.63, 3.8) is 0 Å². The number of hydrogen-bond donors (Lipinski definition) is 1. The average molecular weight is 383 g/mol. The molecule has 1 aliphatic rings. The Labute approximate surface area is 152 Å². The number of aliphatic hydroxyl groups excluding tert-OH is 1. The van der Waals surface area contributed by atoms with Gasteiger partial charge < -0.3 is 14.3 Å². The fourth-order valence-corrected chi connectivity index (χ4v) is 4.84. The first kappa shape index (κ1) is 18.9. The molecule has 0 bridgehead atoms. The van der Waals surface area contributed by atoms with Crippen LogP contribution in [0.25, 0.3) is 0 Å². The van der Waals surface area contributed by atoms with Gasteiger partial charge in [-0.1, -0.05) is 12.1 Å². The Balaban J connectivity index is 1.62. The highest BCUT2D eigenvalue weighted by atomic mass is 32.2. The Morgan fingerprint density at radius 2 is 2.12 bits per heavy atom. The molecule has 6 nitrogen and oxygen atoms in total. The van der Waals surface area contributed by atoms with Gasteiger partial charge >= 0.3 is 0 Å². The molecule has 0 unspecified atom stereocenters. The molecule has 0 saturated carbocycles. The van der Waals surface area contributed by atoms with E-state index in [1.807, 2.05) is 4.90 Å². The van der Waals surface area contributed by atoms with Crippen molar-refractivity contribution in [1.29, 1.82) is 0 Å². The highest BCUT2D eigenvalue weighted by molar-refractivity contribution is 7.91. The highest BCUT2D eigenvalue weighted by Crippen LogP contribution is 2.21. The molecule has 142 valence electrons. The maximum Gasteiger partial charge on any atom is 0.165 e. The van der Waals surface area contributed by atoms with Crippen molar-refractivity contribution in [1.82, 2.24) is 4.90 Å². The van der Waals surface area contributed by atoms with Crippen molar-refractivity contribution in [2.75, 3.05) is 24.7 Å². The van der Waals surface area contributed by atoms with E-state index in [1.54, 1.807) is 30.5 Å². The van der Waals surface area contributed by atoms with Crippen molar-refractivity contribution in [2.45, 2.75) is 25.1 Å². The largest absolute Gasteiger partial charge is 0.488 e. The quantitative estimate of drug-likeness (QED) is 0.749. The van der Waals surface area contributed by atoms with Crippen molar-refractivity contribution in [3.8, 4) is 5.75 Å². The third-order valence-electron chi connectivity index (χ3n) is 4.38. The predicted octanol–water partition coefficient (Wildman–Crippen LogP) is 1.85. The summed E-state index contributed by atoms with van der Waals surface area (Å²) in [5.41, 5.74) is 0. The maximum absolute atomic E-state index is 13.6. The molecular formula is C18H22FNO5S. The van der Waals surface area contributed by atoms with Crippen molar-refractivity contribution in [3.05, 3.63) is 54.2 Å². The zero-order valence-electron chi connectivity index (χ0n) is 14.3. The Kier molecular flexibility index (Phi) is 5.95. The van der Waals surface area contributed by atoms with E-state index in [0.717, 1.165) is 0 Å². The highest BCUT2D eigenvalue weighted by Gasteiger charge is 2.33. The molecule has 3 rings (SSSR count). The smallest absolute Gasteiger partial charge is 0.165 e. The van der Waals surface area contributed by atoms with Crippen LogP contribution in [-0.2, 0) is 16.4 Å². The molecule has 2 atom stereocenters. The van der Waals surface area contributed by atoms with Crippen LogP contribution < -0.4 is 4.74 Å². The lowest BCUT2D eigenvalue weighted by atomic mass is 10.2. The molecule has 0 amide bonds. The van der Waals surface area contributed by atoms with Crippen molar-refractivity contribution < 1.29 is 27.1 Å². The van der Waals surface area contributed by atoms with Gasteiger partial charge in [-0.2, -0.15) is 0 Å². The summed E-state index contributed by atoms with van der Waals surface area (Å²) in [6.45, 7) is 0.508. The van der Waals surface area contributed by atoms with Gasteiger partial charge in [0, 0.05) is 12.6 Å². The summed E-state index contributed by atoms with van der Waals surface area (Å²) in [5, 5.41) is 10.3. The summed E-state index contributed by atoms with van der Waals surface area (Å²) in [5.74, 6) is 0.487. The van der Waals surface area contributed by atoms with Gasteiger partial charge in [-0.15, -0.1) is 0 Å². The van der Waals surface area contributed by atoms with Crippen LogP contribution in [0.2, 0.25) is 0 Å². The molecule has 1 aromatic carbocycles. The first-order valence-corrected chi connectivity index (χ1v) is 10.3. The number of para-hydroxylation sites is 1. The molecule has 0 spiro atoms. The molecule has 2 heterocycles. The lowest BCUT2D eigenvalue weighted by molar-refractivity contribution is 0.0486. The van der Waals surface area contributed by atoms with Gasteiger partial charge in [0.25, 0.3) is 0 Å². The minimum Gasteiger partial charge on any atom is -0.488 e. The van der Waals surface area contributed by atoms with Crippen LogP contribution in [0.5, 0.6) is 5.75 Å². The van der Waals surface area contributed by atoms with E-state index >= 15 is 0 Å². The topological polar surface area (TPSA) is 80.0 Å². The number of halogens is 1. The molecule has 1 fully saturated rings. The minimum absolute atomic E-state index is 0.0641. The second-order valence-electron chi connectivity index (χ2n) is 6.46. The number of hydrogen-bond acceptors (Lipinski definition) is 6. The maximum atomic E-state index is 13.6. The monoisotopic (exact) mass is 383 g/mol. The van der Waals surface area contributed by atoms with Gasteiger partial charge in [0.15, 0.2) is 21.4 Å². The lowest BCUT2D eigenvalue weighted by Gasteiger charge is -2.29. The van der Waals surface area contributed by atoms with Gasteiger partial charge in [0.05, 0.1) is 24.3 Å². The first-order valence-electron chi connectivity index (χ1n) is 8.45. The predicted molar refractivity (Wildman–Crippen MR) is 94.1 cm³/mol. The second-order valence-corrected chi connectivity index (χ2v) is 8.69. The Morgan fingerprint density at radius 3 is 2.77 bits per heavy atom. The van der Waals surface area contributed by atoms with Crippen LogP contribution in [0.1, 0.15) is 12.2 Å². The summed E-state index contributed by atoms with van der Waals surface area (Å²) in [4.78, 5) is 1.89. The van der Waals surface area contributed by atoms with Gasteiger partial charge in [-0.05, 0) is 30.7 Å². The summed E-state index contributed by atoms with van der Waals surface area (Å²) < 4.78 is 47.9. The molecule has 2 aromatic rings. The third kappa shape index (κ3) is 5.06. The summed E-state index contributed by atoms with van der Waals surface area (Å²) in [6, 6.07) is 9.37. The fraction of sp³-hybridized carbons (Fsp3) is 0.444. The van der Waals surface area contributed by atoms with Gasteiger partial charge in [0.2, 0.25) is 0 Å². The van der Waals surface area contributed by atoms with Crippen molar-refractivity contribution in [2.24, 2.45) is 0 Å². The molecule has 0 aliphatic carbocycles. The molecule has 26 heavy (non-hydrogen) atoms. The zero-order valence-corrected chi connectivity index (χ0v) is 15.1. The summed E-state index contributed by atoms with van der Waals surface area (Å²) >= 11 is 0. The van der Waals surface area contributed by atoms with E-state index in [1.165, 1.54) is 12.1 Å². The van der Waals surface area contributed by atoms with Gasteiger partial charge in [-0.25, -0.2) is 12.8 Å². The van der Waals surface area contributed by atoms with E-state index in [9.17, 15) is 17.9 Å². The SMILES string of the molecule is O=S1(=O)CC[C@@H](N(Cc2ccco2)C[C@@H](O)COc2ccccc2F)C1.